The van der Waals surface area contributed by atoms with Crippen molar-refractivity contribution in [1.29, 1.82) is 0 Å². The molecule has 246 valence electrons. The average Bonchev–Trinajstić information content (AvgIpc) is 3.88. The van der Waals surface area contributed by atoms with Crippen molar-refractivity contribution >= 4 is 23.4 Å². The minimum atomic E-state index is -1.02. The molecule has 1 aromatic heterocycles. The maximum atomic E-state index is 11.6. The van der Waals surface area contributed by atoms with Crippen LogP contribution in [0.25, 0.3) is 0 Å². The number of rotatable bonds is 15. The molecule has 10 heteroatoms. The van der Waals surface area contributed by atoms with E-state index in [0.717, 1.165) is 72.4 Å². The van der Waals surface area contributed by atoms with Crippen LogP contribution in [0.1, 0.15) is 65.6 Å². The summed E-state index contributed by atoms with van der Waals surface area (Å²) in [5.74, 6) is 2.58. The number of aliphatic hydroxyl groups is 1. The zero-order valence-electron chi connectivity index (χ0n) is 26.9. The first kappa shape index (κ1) is 33.6. The lowest BCUT2D eigenvalue weighted by Crippen LogP contribution is -2.49. The van der Waals surface area contributed by atoms with Gasteiger partial charge in [0.25, 0.3) is 0 Å². The number of nitrogens with one attached hydrogen (secondary N) is 1. The molecule has 1 unspecified atom stereocenters. The number of hydrogen-bond donors (Lipinski definition) is 3. The number of anilines is 1. The summed E-state index contributed by atoms with van der Waals surface area (Å²) in [7, 11) is 1.77. The Hall–Kier alpha value is -3.79. The van der Waals surface area contributed by atoms with Gasteiger partial charge in [-0.3, -0.25) is 0 Å². The van der Waals surface area contributed by atoms with Gasteiger partial charge in [-0.1, -0.05) is 35.9 Å². The van der Waals surface area contributed by atoms with Crippen LogP contribution in [0, 0.1) is 19.8 Å². The van der Waals surface area contributed by atoms with Crippen LogP contribution >= 0.6 is 11.6 Å². The number of hydrogen-bond acceptors (Lipinski definition) is 8. The van der Waals surface area contributed by atoms with Crippen LogP contribution in [0.15, 0.2) is 66.1 Å². The molecule has 0 radical (unpaired) electrons. The van der Waals surface area contributed by atoms with Crippen LogP contribution in [0.4, 0.5) is 5.82 Å². The van der Waals surface area contributed by atoms with Gasteiger partial charge in [-0.05, 0) is 93.3 Å². The molecule has 2 aromatic carbocycles. The molecule has 1 saturated heterocycles. The smallest absolute Gasteiger partial charge is 0.337 e. The van der Waals surface area contributed by atoms with E-state index in [0.29, 0.717) is 55.1 Å². The summed E-state index contributed by atoms with van der Waals surface area (Å²) in [5.41, 5.74) is 6.19. The molecule has 2 fully saturated rings. The van der Waals surface area contributed by atoms with E-state index in [4.69, 9.17) is 25.9 Å². The van der Waals surface area contributed by atoms with E-state index >= 15 is 0 Å². The third-order valence-electron chi connectivity index (χ3n) is 8.62. The molecule has 0 spiro atoms. The Morgan fingerprint density at radius 2 is 1.91 bits per heavy atom. The van der Waals surface area contributed by atoms with Crippen LogP contribution in [0.2, 0.25) is 5.02 Å². The predicted molar refractivity (Wildman–Crippen MR) is 179 cm³/mol. The van der Waals surface area contributed by atoms with Crippen LogP contribution in [-0.4, -0.2) is 60.1 Å². The van der Waals surface area contributed by atoms with E-state index in [2.05, 4.69) is 36.4 Å². The van der Waals surface area contributed by atoms with E-state index < -0.39 is 11.6 Å². The molecule has 1 saturated carbocycles. The Balaban J connectivity index is 1.20. The minimum Gasteiger partial charge on any atom is -0.493 e. The highest BCUT2D eigenvalue weighted by Crippen LogP contribution is 2.39. The number of carboxylic acids is 1. The van der Waals surface area contributed by atoms with Crippen molar-refractivity contribution in [2.24, 2.45) is 5.92 Å². The van der Waals surface area contributed by atoms with Crippen molar-refractivity contribution in [3.63, 3.8) is 0 Å². The molecule has 1 atom stereocenters. The fourth-order valence-corrected chi connectivity index (χ4v) is 6.33. The zero-order chi connectivity index (χ0) is 32.7. The lowest BCUT2D eigenvalue weighted by Gasteiger charge is -2.40. The molecule has 0 bridgehead atoms. The fraction of sp³-hybridized carbons (Fsp3) is 0.444. The normalized spacial score (nSPS) is 18.6. The number of nitrogens with zero attached hydrogens (tertiary/aromatic N) is 2. The number of hydroxylamine groups is 1. The number of ether oxygens (including phenoxy) is 2. The standard InChI is InChI=1S/C36H44ClN3O6/c1-24-7-4-8-25(2)33(24)44-18-5-9-29(34(46-38-3)26-10-11-26)22-45-30-14-12-27(31(37)19-30)20-36(43)16-6-17-40(23-36)32-15-13-28(21-39-32)35(41)42/h4,7-8,12-15,19,21,26,38,43H,5-6,9-11,16-18,20,22-23H2,1-3H3,(H,41,42)/b34-29+. The Kier molecular flexibility index (Phi) is 11.1. The van der Waals surface area contributed by atoms with E-state index in [1.165, 1.54) is 12.3 Å². The maximum absolute atomic E-state index is 11.6. The van der Waals surface area contributed by atoms with E-state index in [-0.39, 0.29) is 5.56 Å². The van der Waals surface area contributed by atoms with Gasteiger partial charge in [-0.25, -0.2) is 9.78 Å². The van der Waals surface area contributed by atoms with E-state index in [1.54, 1.807) is 13.1 Å². The first-order valence-corrected chi connectivity index (χ1v) is 16.4. The van der Waals surface area contributed by atoms with Crippen molar-refractivity contribution in [3.8, 4) is 11.5 Å². The summed E-state index contributed by atoms with van der Waals surface area (Å²) in [6.45, 7) is 6.20. The first-order chi connectivity index (χ1) is 22.2. The number of carbonyl (C=O) groups is 1. The molecule has 3 aromatic rings. The van der Waals surface area contributed by atoms with E-state index in [9.17, 15) is 15.0 Å². The number of halogens is 1. The number of β-amino-alcohol motifs (C(OH)–C–C–N with tert-alkyl or cyclic N) is 1. The molecule has 5 rings (SSSR count). The monoisotopic (exact) mass is 649 g/mol. The van der Waals surface area contributed by atoms with Gasteiger partial charge in [0.1, 0.15) is 29.7 Å². The molecule has 9 nitrogen and oxygen atoms in total. The Morgan fingerprint density at radius 3 is 2.57 bits per heavy atom. The second kappa shape index (κ2) is 15.2. The van der Waals surface area contributed by atoms with Crippen LogP contribution < -0.4 is 19.9 Å². The van der Waals surface area contributed by atoms with Crippen LogP contribution in [0.5, 0.6) is 11.5 Å². The summed E-state index contributed by atoms with van der Waals surface area (Å²) in [6, 6.07) is 15.0. The predicted octanol–water partition coefficient (Wildman–Crippen LogP) is 6.68. The van der Waals surface area contributed by atoms with Gasteiger partial charge in [0.05, 0.1) is 17.8 Å². The molecule has 1 aliphatic carbocycles. The highest BCUT2D eigenvalue weighted by Gasteiger charge is 2.35. The first-order valence-electron chi connectivity index (χ1n) is 16.0. The number of aromatic carboxylic acids is 1. The Morgan fingerprint density at radius 1 is 1.13 bits per heavy atom. The average molecular weight is 650 g/mol. The number of aryl methyl sites for hydroxylation is 2. The molecule has 2 heterocycles. The largest absolute Gasteiger partial charge is 0.493 e. The fourth-order valence-electron chi connectivity index (χ4n) is 6.09. The van der Waals surface area contributed by atoms with Gasteiger partial charge in [-0.2, -0.15) is 5.48 Å². The highest BCUT2D eigenvalue weighted by atomic mass is 35.5. The van der Waals surface area contributed by atoms with Crippen LogP contribution in [0.3, 0.4) is 0 Å². The second-order valence-corrected chi connectivity index (χ2v) is 12.8. The Labute approximate surface area is 276 Å². The van der Waals surface area contributed by atoms with Gasteiger partial charge < -0.3 is 29.4 Å². The number of aromatic nitrogens is 1. The van der Waals surface area contributed by atoms with Crippen LogP contribution in [-0.2, 0) is 11.3 Å². The lowest BCUT2D eigenvalue weighted by atomic mass is 9.86. The summed E-state index contributed by atoms with van der Waals surface area (Å²) in [4.78, 5) is 23.4. The molecule has 2 aliphatic rings. The van der Waals surface area contributed by atoms with Crippen molar-refractivity contribution in [1.82, 2.24) is 10.5 Å². The van der Waals surface area contributed by atoms with Crippen molar-refractivity contribution in [2.45, 2.75) is 64.4 Å². The lowest BCUT2D eigenvalue weighted by molar-refractivity contribution is 0.0261. The second-order valence-electron chi connectivity index (χ2n) is 12.4. The van der Waals surface area contributed by atoms with Crippen molar-refractivity contribution < 1.29 is 29.3 Å². The summed E-state index contributed by atoms with van der Waals surface area (Å²) in [6.07, 6.45) is 6.94. The number of piperidine rings is 1. The molecule has 1 aliphatic heterocycles. The summed E-state index contributed by atoms with van der Waals surface area (Å²) in [5, 5.41) is 21.3. The third-order valence-corrected chi connectivity index (χ3v) is 8.97. The number of pyridine rings is 1. The Bertz CT molecular complexity index is 1520. The molecular weight excluding hydrogens is 606 g/mol. The molecule has 3 N–H and O–H groups in total. The van der Waals surface area contributed by atoms with Gasteiger partial charge >= 0.3 is 5.97 Å². The van der Waals surface area contributed by atoms with E-state index in [1.807, 2.05) is 29.2 Å². The quantitative estimate of drug-likeness (QED) is 0.0943. The van der Waals surface area contributed by atoms with Crippen molar-refractivity contribution in [2.75, 3.05) is 38.3 Å². The topological polar surface area (TPSA) is 113 Å². The third kappa shape index (κ3) is 8.72. The summed E-state index contributed by atoms with van der Waals surface area (Å²) < 4.78 is 12.4. The van der Waals surface area contributed by atoms with Crippen molar-refractivity contribution in [3.05, 3.63) is 93.3 Å². The number of benzene rings is 2. The van der Waals surface area contributed by atoms with Gasteiger partial charge in [-0.15, -0.1) is 0 Å². The SMILES string of the molecule is CNO/C(=C(\CCCOc1c(C)cccc1C)COc1ccc(CC2(O)CCCN(c3ccc(C(=O)O)cn3)C2)c(Cl)c1)C1CC1. The van der Waals surface area contributed by atoms with Gasteiger partial charge in [0.15, 0.2) is 0 Å². The molecule has 0 amide bonds. The molecular formula is C36H44ClN3O6. The van der Waals surface area contributed by atoms with Gasteiger partial charge in [0, 0.05) is 49.3 Å². The minimum absolute atomic E-state index is 0.133. The number of carboxylic acid groups (broad SMARTS) is 1. The number of para-hydroxylation sites is 1. The van der Waals surface area contributed by atoms with Gasteiger partial charge in [0.2, 0.25) is 0 Å². The number of allylic oxidation sites excluding steroid dienone is 1. The molecule has 46 heavy (non-hydrogen) atoms. The highest BCUT2D eigenvalue weighted by molar-refractivity contribution is 6.31. The summed E-state index contributed by atoms with van der Waals surface area (Å²) >= 11 is 6.75. The zero-order valence-corrected chi connectivity index (χ0v) is 27.6. The maximum Gasteiger partial charge on any atom is 0.337 e.